The third-order valence-corrected chi connectivity index (χ3v) is 6.60. The molecule has 1 atom stereocenters. The monoisotopic (exact) mass is 604 g/mol. The van der Waals surface area contributed by atoms with Gasteiger partial charge >= 0.3 is 5.97 Å². The highest BCUT2D eigenvalue weighted by Crippen LogP contribution is 2.34. The van der Waals surface area contributed by atoms with Crippen molar-refractivity contribution in [2.24, 2.45) is 11.1 Å². The molecular weight excluding hydrogens is 572 g/mol. The number of amides is 2. The molecule has 1 heterocycles. The van der Waals surface area contributed by atoms with Crippen molar-refractivity contribution in [1.29, 1.82) is 5.41 Å². The number of rotatable bonds is 8. The summed E-state index contributed by atoms with van der Waals surface area (Å²) in [5.74, 6) is -2.27. The number of aliphatic hydroxyl groups is 1. The molecule has 1 unspecified atom stereocenters. The molecule has 0 saturated carbocycles. The van der Waals surface area contributed by atoms with Gasteiger partial charge in [-0.25, -0.2) is 4.79 Å². The topological polar surface area (TPSA) is 220 Å². The molecule has 3 aromatic rings. The smallest absolute Gasteiger partial charge is 0.336 e. The molecule has 0 radical (unpaired) electrons. The first-order chi connectivity index (χ1) is 18.9. The van der Waals surface area contributed by atoms with E-state index >= 15 is 0 Å². The Morgan fingerprint density at radius 2 is 1.56 bits per heavy atom. The molecule has 220 valence electrons. The summed E-state index contributed by atoms with van der Waals surface area (Å²) in [7, 11) is -3.67. The highest BCUT2D eigenvalue weighted by atomic mass is 32.2. The van der Waals surface area contributed by atoms with E-state index in [4.69, 9.17) is 15.7 Å². The molecule has 0 aliphatic carbocycles. The quantitative estimate of drug-likeness (QED) is 0.114. The number of thiophene rings is 1. The van der Waals surface area contributed by atoms with E-state index in [1.165, 1.54) is 29.5 Å². The minimum atomic E-state index is -3.67. The van der Waals surface area contributed by atoms with Gasteiger partial charge in [0.05, 0.1) is 30.0 Å². The average molecular weight is 605 g/mol. The number of carbonyl (C=O) groups excluding carboxylic acids is 2. The lowest BCUT2D eigenvalue weighted by Gasteiger charge is -2.29. The fraction of sp³-hybridized carbons (Fsp3) is 0.259. The first kappa shape index (κ1) is 33.1. The van der Waals surface area contributed by atoms with Gasteiger partial charge in [0.2, 0.25) is 0 Å². The lowest BCUT2D eigenvalue weighted by atomic mass is 9.87. The summed E-state index contributed by atoms with van der Waals surface area (Å²) in [6.07, 6.45) is 0.715. The van der Waals surface area contributed by atoms with Gasteiger partial charge < -0.3 is 26.6 Å². The van der Waals surface area contributed by atoms with E-state index in [2.05, 4.69) is 10.6 Å². The fourth-order valence-corrected chi connectivity index (χ4v) is 4.40. The number of aliphatic hydroxyl groups excluding tert-OH is 1. The van der Waals surface area contributed by atoms with E-state index in [0.717, 1.165) is 0 Å². The van der Waals surface area contributed by atoms with Crippen LogP contribution in [0.1, 0.15) is 57.4 Å². The van der Waals surface area contributed by atoms with Crippen molar-refractivity contribution in [3.63, 3.8) is 0 Å². The van der Waals surface area contributed by atoms with Crippen LogP contribution in [0.15, 0.2) is 53.9 Å². The van der Waals surface area contributed by atoms with Crippen LogP contribution in [-0.2, 0) is 10.1 Å². The maximum atomic E-state index is 13.0. The van der Waals surface area contributed by atoms with E-state index < -0.39 is 39.4 Å². The van der Waals surface area contributed by atoms with E-state index in [1.807, 2.05) is 20.8 Å². The standard InChI is InChI=1S/C26H28N4O5S.CH4O3S/c1-26(2,3)20(13-31)30-23(32)15-6-9-17(19(12-15)25(34)35)21-18(10-11-36-21)24(33)29-16-7-4-14(5-8-16)22(27)28;1-5(2,3)4/h4-12,20,31H,13H2,1-3H3,(H3,27,28)(H,29,33)(H,30,32)(H,34,35);1H3,(H,2,3,4). The Bertz CT molecular complexity index is 1530. The van der Waals surface area contributed by atoms with E-state index in [1.54, 1.807) is 35.7 Å². The predicted molar refractivity (Wildman–Crippen MR) is 157 cm³/mol. The number of benzene rings is 2. The Morgan fingerprint density at radius 3 is 2.05 bits per heavy atom. The lowest BCUT2D eigenvalue weighted by molar-refractivity contribution is 0.0697. The zero-order chi connectivity index (χ0) is 31.1. The number of carboxylic acids is 1. The number of hydrogen-bond donors (Lipinski definition) is 7. The van der Waals surface area contributed by atoms with Crippen molar-refractivity contribution in [3.8, 4) is 10.4 Å². The van der Waals surface area contributed by atoms with Crippen molar-refractivity contribution in [3.05, 3.63) is 76.2 Å². The number of carboxylic acid groups (broad SMARTS) is 1. The van der Waals surface area contributed by atoms with Gasteiger partial charge in [-0.3, -0.25) is 19.6 Å². The summed E-state index contributed by atoms with van der Waals surface area (Å²) in [5, 5.41) is 34.2. The Labute approximate surface area is 241 Å². The molecular formula is C27H32N4O8S2. The van der Waals surface area contributed by atoms with Gasteiger partial charge in [-0.15, -0.1) is 11.3 Å². The second-order valence-corrected chi connectivity index (χ2v) is 12.4. The van der Waals surface area contributed by atoms with Crippen LogP contribution in [0, 0.1) is 10.8 Å². The summed E-state index contributed by atoms with van der Waals surface area (Å²) in [6.45, 7) is 5.37. The van der Waals surface area contributed by atoms with Gasteiger partial charge in [-0.05, 0) is 53.3 Å². The van der Waals surface area contributed by atoms with Gasteiger partial charge in [-0.2, -0.15) is 8.42 Å². The number of nitrogens with one attached hydrogen (secondary N) is 3. The Morgan fingerprint density at radius 1 is 1.00 bits per heavy atom. The SMILES string of the molecule is CC(C)(C)C(CO)NC(=O)c1ccc(-c2sccc2C(=O)Nc2ccc(C(=N)N)cc2)c(C(=O)O)c1.CS(=O)(=O)O. The Hall–Kier alpha value is -4.11. The van der Waals surface area contributed by atoms with Crippen LogP contribution in [0.25, 0.3) is 10.4 Å². The van der Waals surface area contributed by atoms with Crippen LogP contribution in [0.2, 0.25) is 0 Å². The number of amidine groups is 1. The van der Waals surface area contributed by atoms with Crippen LogP contribution in [-0.4, -0.2) is 65.7 Å². The summed E-state index contributed by atoms with van der Waals surface area (Å²) in [4.78, 5) is 38.3. The molecule has 0 aliphatic rings. The van der Waals surface area contributed by atoms with Crippen molar-refractivity contribution >= 4 is 50.8 Å². The van der Waals surface area contributed by atoms with Gasteiger partial charge in [-0.1, -0.05) is 26.8 Å². The normalized spacial score (nSPS) is 12.0. The minimum absolute atomic E-state index is 0.0865. The maximum Gasteiger partial charge on any atom is 0.336 e. The molecule has 3 rings (SSSR count). The first-order valence-electron chi connectivity index (χ1n) is 12.0. The average Bonchev–Trinajstić information content (AvgIpc) is 3.35. The molecule has 0 saturated heterocycles. The van der Waals surface area contributed by atoms with Crippen LogP contribution in [0.5, 0.6) is 0 Å². The zero-order valence-electron chi connectivity index (χ0n) is 22.8. The lowest BCUT2D eigenvalue weighted by Crippen LogP contribution is -2.46. The molecule has 0 fully saturated rings. The number of anilines is 1. The van der Waals surface area contributed by atoms with Gasteiger partial charge in [0.25, 0.3) is 21.9 Å². The van der Waals surface area contributed by atoms with Gasteiger partial charge in [0.15, 0.2) is 0 Å². The van der Waals surface area contributed by atoms with E-state index in [0.29, 0.717) is 27.9 Å². The summed E-state index contributed by atoms with van der Waals surface area (Å²) < 4.78 is 25.9. The van der Waals surface area contributed by atoms with Gasteiger partial charge in [0, 0.05) is 27.3 Å². The van der Waals surface area contributed by atoms with Crippen molar-refractivity contribution in [2.75, 3.05) is 18.2 Å². The molecule has 1 aromatic heterocycles. The molecule has 0 spiro atoms. The number of hydrogen-bond acceptors (Lipinski definition) is 8. The fourth-order valence-electron chi connectivity index (χ4n) is 3.47. The zero-order valence-corrected chi connectivity index (χ0v) is 24.4. The summed E-state index contributed by atoms with van der Waals surface area (Å²) >= 11 is 1.21. The van der Waals surface area contributed by atoms with Gasteiger partial charge in [0.1, 0.15) is 5.84 Å². The predicted octanol–water partition coefficient (Wildman–Crippen LogP) is 3.29. The maximum absolute atomic E-state index is 13.0. The van der Waals surface area contributed by atoms with E-state index in [9.17, 15) is 33.0 Å². The summed E-state index contributed by atoms with van der Waals surface area (Å²) in [5.41, 5.74) is 6.67. The third kappa shape index (κ3) is 9.79. The van der Waals surface area contributed by atoms with Crippen LogP contribution >= 0.6 is 11.3 Å². The molecule has 8 N–H and O–H groups in total. The van der Waals surface area contributed by atoms with Crippen LogP contribution < -0.4 is 16.4 Å². The van der Waals surface area contributed by atoms with Crippen molar-refractivity contribution < 1.29 is 37.6 Å². The van der Waals surface area contributed by atoms with Crippen molar-refractivity contribution in [2.45, 2.75) is 26.8 Å². The molecule has 2 amide bonds. The first-order valence-corrected chi connectivity index (χ1v) is 14.7. The largest absolute Gasteiger partial charge is 0.478 e. The summed E-state index contributed by atoms with van der Waals surface area (Å²) in [6, 6.07) is 11.8. The molecule has 2 aromatic carbocycles. The van der Waals surface area contributed by atoms with Crippen LogP contribution in [0.3, 0.4) is 0 Å². The Kier molecular flexibility index (Phi) is 10.9. The highest BCUT2D eigenvalue weighted by molar-refractivity contribution is 7.85. The number of nitrogen functional groups attached to an aromatic ring is 1. The molecule has 0 bridgehead atoms. The Balaban J connectivity index is 0.00000108. The van der Waals surface area contributed by atoms with Crippen molar-refractivity contribution in [1.82, 2.24) is 5.32 Å². The third-order valence-electron chi connectivity index (χ3n) is 5.65. The number of carbonyl (C=O) groups is 3. The number of aromatic carboxylic acids is 1. The highest BCUT2D eigenvalue weighted by Gasteiger charge is 2.27. The number of nitrogens with two attached hydrogens (primary N) is 1. The molecule has 12 nitrogen and oxygen atoms in total. The molecule has 41 heavy (non-hydrogen) atoms. The molecule has 0 aliphatic heterocycles. The molecule has 14 heteroatoms. The second-order valence-electron chi connectivity index (χ2n) is 9.98. The van der Waals surface area contributed by atoms with E-state index in [-0.39, 0.29) is 29.1 Å². The second kappa shape index (κ2) is 13.5. The minimum Gasteiger partial charge on any atom is -0.478 e. The van der Waals surface area contributed by atoms with Crippen LogP contribution in [0.4, 0.5) is 5.69 Å².